The van der Waals surface area contributed by atoms with E-state index in [9.17, 15) is 0 Å². The Kier molecular flexibility index (Phi) is 6.38. The third-order valence-electron chi connectivity index (χ3n) is 0.858. The Bertz CT molecular complexity index is 51.5. The molecule has 8 heavy (non-hydrogen) atoms. The zero-order valence-electron chi connectivity index (χ0n) is 5.35. The topological polar surface area (TPSA) is 38.0 Å². The van der Waals surface area contributed by atoms with E-state index in [0.29, 0.717) is 0 Å². The normalized spacial score (nSPS) is 10.8. The van der Waals surface area contributed by atoms with Gasteiger partial charge in [0, 0.05) is 6.54 Å². The van der Waals surface area contributed by atoms with Crippen LogP contribution in [0.15, 0.2) is 12.2 Å². The number of rotatable bonds is 4. The zero-order valence-corrected chi connectivity index (χ0v) is 5.35. The van der Waals surface area contributed by atoms with Crippen molar-refractivity contribution in [3.63, 3.8) is 0 Å². The van der Waals surface area contributed by atoms with Gasteiger partial charge < -0.3 is 0 Å². The highest BCUT2D eigenvalue weighted by atomic mass is 15.2. The van der Waals surface area contributed by atoms with E-state index in [-0.39, 0.29) is 0 Å². The number of allylic oxidation sites excluding steroid dienone is 1. The minimum absolute atomic E-state index is 0.778. The fraction of sp³-hybridized carbons (Fsp3) is 0.667. The Labute approximate surface area is 50.7 Å². The van der Waals surface area contributed by atoms with Gasteiger partial charge in [0.25, 0.3) is 0 Å². The summed E-state index contributed by atoms with van der Waals surface area (Å²) in [7, 11) is 0. The van der Waals surface area contributed by atoms with Crippen molar-refractivity contribution in [3.05, 3.63) is 12.2 Å². The third-order valence-corrected chi connectivity index (χ3v) is 0.858. The van der Waals surface area contributed by atoms with E-state index in [1.165, 1.54) is 6.42 Å². The molecule has 0 atom stereocenters. The van der Waals surface area contributed by atoms with Gasteiger partial charge in [-0.05, 0) is 6.42 Å². The van der Waals surface area contributed by atoms with Crippen molar-refractivity contribution in [3.8, 4) is 0 Å². The molecule has 0 aliphatic heterocycles. The molecule has 0 aliphatic rings. The summed E-state index contributed by atoms with van der Waals surface area (Å²) < 4.78 is 0. The van der Waals surface area contributed by atoms with Crippen molar-refractivity contribution in [2.24, 2.45) is 5.84 Å². The molecule has 0 radical (unpaired) electrons. The van der Waals surface area contributed by atoms with Gasteiger partial charge >= 0.3 is 0 Å². The monoisotopic (exact) mass is 114 g/mol. The maximum Gasteiger partial charge on any atom is 0.0278 e. The lowest BCUT2D eigenvalue weighted by Crippen LogP contribution is -2.21. The first-order valence-corrected chi connectivity index (χ1v) is 3.00. The van der Waals surface area contributed by atoms with E-state index in [1.54, 1.807) is 0 Å². The van der Waals surface area contributed by atoms with Crippen LogP contribution in [0.3, 0.4) is 0 Å². The van der Waals surface area contributed by atoms with Crippen molar-refractivity contribution < 1.29 is 0 Å². The summed E-state index contributed by atoms with van der Waals surface area (Å²) in [5.41, 5.74) is 2.54. The van der Waals surface area contributed by atoms with Crippen LogP contribution in [0.5, 0.6) is 0 Å². The summed E-state index contributed by atoms with van der Waals surface area (Å²) in [5.74, 6) is 5.01. The van der Waals surface area contributed by atoms with Gasteiger partial charge in [0.05, 0.1) is 0 Å². The second kappa shape index (κ2) is 6.66. The summed E-state index contributed by atoms with van der Waals surface area (Å²) >= 11 is 0. The highest BCUT2D eigenvalue weighted by Gasteiger charge is 1.70. The summed E-state index contributed by atoms with van der Waals surface area (Å²) in [6, 6.07) is 0. The highest BCUT2D eigenvalue weighted by Crippen LogP contribution is 1.85. The standard InChI is InChI=1S/C6H14N2/c1-2-3-4-5-6-8-7/h4-5,8H,2-3,6-7H2,1H3/b5-4-. The van der Waals surface area contributed by atoms with Crippen molar-refractivity contribution in [1.82, 2.24) is 5.43 Å². The van der Waals surface area contributed by atoms with E-state index in [2.05, 4.69) is 18.4 Å². The first-order chi connectivity index (χ1) is 3.91. The Morgan fingerprint density at radius 2 is 2.25 bits per heavy atom. The Morgan fingerprint density at radius 1 is 1.50 bits per heavy atom. The predicted molar refractivity (Wildman–Crippen MR) is 36.2 cm³/mol. The SMILES string of the molecule is CCC/C=C\CNN. The van der Waals surface area contributed by atoms with Crippen molar-refractivity contribution in [1.29, 1.82) is 0 Å². The molecule has 0 amide bonds. The van der Waals surface area contributed by atoms with Crippen LogP contribution < -0.4 is 11.3 Å². The number of hydrogen-bond acceptors (Lipinski definition) is 2. The van der Waals surface area contributed by atoms with Crippen LogP contribution in [-0.2, 0) is 0 Å². The lowest BCUT2D eigenvalue weighted by atomic mass is 10.3. The molecule has 0 bridgehead atoms. The molecule has 0 aromatic rings. The average Bonchev–Trinajstić information content (AvgIpc) is 1.81. The number of hydrazine groups is 1. The molecule has 0 unspecified atom stereocenters. The van der Waals surface area contributed by atoms with E-state index in [0.717, 1.165) is 13.0 Å². The van der Waals surface area contributed by atoms with E-state index in [4.69, 9.17) is 5.84 Å². The smallest absolute Gasteiger partial charge is 0.0278 e. The van der Waals surface area contributed by atoms with Crippen LogP contribution in [0.25, 0.3) is 0 Å². The summed E-state index contributed by atoms with van der Waals surface area (Å²) in [4.78, 5) is 0. The van der Waals surface area contributed by atoms with E-state index < -0.39 is 0 Å². The largest absolute Gasteiger partial charge is 0.271 e. The van der Waals surface area contributed by atoms with Crippen molar-refractivity contribution in [2.45, 2.75) is 19.8 Å². The molecular weight excluding hydrogens is 100 g/mol. The van der Waals surface area contributed by atoms with Gasteiger partial charge in [0.2, 0.25) is 0 Å². The van der Waals surface area contributed by atoms with Gasteiger partial charge in [0.1, 0.15) is 0 Å². The fourth-order valence-electron chi connectivity index (χ4n) is 0.436. The molecule has 0 saturated carbocycles. The lowest BCUT2D eigenvalue weighted by Gasteiger charge is -1.86. The minimum Gasteiger partial charge on any atom is -0.271 e. The Hall–Kier alpha value is -0.340. The number of nitrogens with one attached hydrogen (secondary N) is 1. The van der Waals surface area contributed by atoms with Crippen molar-refractivity contribution >= 4 is 0 Å². The van der Waals surface area contributed by atoms with Crippen LogP contribution in [0.1, 0.15) is 19.8 Å². The van der Waals surface area contributed by atoms with Gasteiger partial charge in [-0.15, -0.1) is 0 Å². The second-order valence-electron chi connectivity index (χ2n) is 1.67. The van der Waals surface area contributed by atoms with E-state index >= 15 is 0 Å². The molecule has 0 aromatic heterocycles. The Morgan fingerprint density at radius 3 is 2.75 bits per heavy atom. The van der Waals surface area contributed by atoms with Gasteiger partial charge in [0.15, 0.2) is 0 Å². The third kappa shape index (κ3) is 5.66. The average molecular weight is 114 g/mol. The molecule has 3 N–H and O–H groups in total. The number of hydrogen-bond donors (Lipinski definition) is 2. The highest BCUT2D eigenvalue weighted by molar-refractivity contribution is 4.81. The molecular formula is C6H14N2. The first-order valence-electron chi connectivity index (χ1n) is 3.00. The molecule has 0 fully saturated rings. The number of nitrogens with two attached hydrogens (primary N) is 1. The molecule has 0 rings (SSSR count). The molecule has 0 aliphatic carbocycles. The van der Waals surface area contributed by atoms with Gasteiger partial charge in [-0.1, -0.05) is 25.5 Å². The maximum absolute atomic E-state index is 5.01. The van der Waals surface area contributed by atoms with Crippen LogP contribution >= 0.6 is 0 Å². The van der Waals surface area contributed by atoms with Gasteiger partial charge in [-0.3, -0.25) is 11.3 Å². The van der Waals surface area contributed by atoms with Crippen LogP contribution in [-0.4, -0.2) is 6.54 Å². The molecule has 0 spiro atoms. The van der Waals surface area contributed by atoms with Gasteiger partial charge in [-0.25, -0.2) is 0 Å². The van der Waals surface area contributed by atoms with Crippen molar-refractivity contribution in [2.75, 3.05) is 6.54 Å². The molecule has 2 heteroatoms. The molecule has 48 valence electrons. The quantitative estimate of drug-likeness (QED) is 0.322. The van der Waals surface area contributed by atoms with Crippen LogP contribution in [0.2, 0.25) is 0 Å². The lowest BCUT2D eigenvalue weighted by molar-refractivity contribution is 0.818. The summed E-state index contributed by atoms with van der Waals surface area (Å²) in [6.07, 6.45) is 6.52. The predicted octanol–water partition coefficient (Wildman–Crippen LogP) is 0.806. The maximum atomic E-state index is 5.01. The first kappa shape index (κ1) is 7.66. The summed E-state index contributed by atoms with van der Waals surface area (Å²) in [5, 5.41) is 0. The van der Waals surface area contributed by atoms with Crippen LogP contribution in [0, 0.1) is 0 Å². The van der Waals surface area contributed by atoms with Gasteiger partial charge in [-0.2, -0.15) is 0 Å². The molecule has 0 aromatic carbocycles. The Balaban J connectivity index is 2.83. The van der Waals surface area contributed by atoms with Crippen LogP contribution in [0.4, 0.5) is 0 Å². The molecule has 0 heterocycles. The fourth-order valence-corrected chi connectivity index (χ4v) is 0.436. The minimum atomic E-state index is 0.778. The molecule has 0 saturated heterocycles. The zero-order chi connectivity index (χ0) is 6.24. The molecule has 2 nitrogen and oxygen atoms in total. The summed E-state index contributed by atoms with van der Waals surface area (Å²) in [6.45, 7) is 2.93. The number of unbranched alkanes of at least 4 members (excludes halogenated alkanes) is 1. The second-order valence-corrected chi connectivity index (χ2v) is 1.67. The van der Waals surface area contributed by atoms with E-state index in [1.807, 2.05) is 6.08 Å².